The van der Waals surface area contributed by atoms with Crippen molar-refractivity contribution in [2.75, 3.05) is 0 Å². The van der Waals surface area contributed by atoms with E-state index in [1.54, 1.807) is 42.7 Å². The normalized spacial score (nSPS) is 12.8. The molecule has 29 heavy (non-hydrogen) atoms. The highest BCUT2D eigenvalue weighted by atomic mass is 35.5. The largest absolute Gasteiger partial charge is 0.416 e. The molecule has 0 saturated heterocycles. The van der Waals surface area contributed by atoms with Gasteiger partial charge in [0.2, 0.25) is 5.43 Å². The molecule has 0 aliphatic carbocycles. The van der Waals surface area contributed by atoms with E-state index in [4.69, 9.17) is 11.6 Å². The van der Waals surface area contributed by atoms with Crippen molar-refractivity contribution in [2.45, 2.75) is 32.6 Å². The molecule has 1 heterocycles. The van der Waals surface area contributed by atoms with Gasteiger partial charge < -0.3 is 9.88 Å². The Hall–Kier alpha value is -2.80. The average molecular weight is 423 g/mol. The highest BCUT2D eigenvalue weighted by Crippen LogP contribution is 2.31. The molecule has 0 aliphatic heterocycles. The molecule has 3 aromatic rings. The van der Waals surface area contributed by atoms with Crippen LogP contribution in [-0.4, -0.2) is 10.5 Å². The van der Waals surface area contributed by atoms with Crippen LogP contribution in [-0.2, 0) is 12.7 Å². The minimum Gasteiger partial charge on any atom is -0.347 e. The van der Waals surface area contributed by atoms with Gasteiger partial charge >= 0.3 is 6.18 Å². The molecule has 152 valence electrons. The molecule has 1 atom stereocenters. The van der Waals surface area contributed by atoms with Gasteiger partial charge in [-0.15, -0.1) is 0 Å². The molecular formula is C21H18ClF3N2O2. The number of aryl methyl sites for hydroxylation is 1. The summed E-state index contributed by atoms with van der Waals surface area (Å²) in [5.74, 6) is -0.654. The number of hydrogen-bond acceptors (Lipinski definition) is 2. The first-order valence-electron chi connectivity index (χ1n) is 8.92. The van der Waals surface area contributed by atoms with Gasteiger partial charge in [0.15, 0.2) is 0 Å². The number of hydrogen-bond donors (Lipinski definition) is 1. The molecule has 0 radical (unpaired) electrons. The quantitative estimate of drug-likeness (QED) is 0.629. The van der Waals surface area contributed by atoms with Crippen molar-refractivity contribution in [3.05, 3.63) is 80.6 Å². The summed E-state index contributed by atoms with van der Waals surface area (Å²) < 4.78 is 40.8. The summed E-state index contributed by atoms with van der Waals surface area (Å²) in [6.07, 6.45) is -3.21. The minimum atomic E-state index is -4.58. The molecule has 3 rings (SSSR count). The lowest BCUT2D eigenvalue weighted by atomic mass is 10.1. The first-order valence-corrected chi connectivity index (χ1v) is 9.30. The lowest BCUT2D eigenvalue weighted by Gasteiger charge is -2.16. The summed E-state index contributed by atoms with van der Waals surface area (Å²) in [5, 5.41) is 3.12. The summed E-state index contributed by atoms with van der Waals surface area (Å²) in [6, 6.07) is 9.39. The second-order valence-electron chi connectivity index (χ2n) is 6.63. The number of amides is 1. The first kappa shape index (κ1) is 20.9. The molecule has 1 amide bonds. The van der Waals surface area contributed by atoms with Gasteiger partial charge in [0.1, 0.15) is 5.56 Å². The highest BCUT2D eigenvalue weighted by Gasteiger charge is 2.31. The third kappa shape index (κ3) is 4.29. The molecule has 0 spiro atoms. The SMILES string of the molecule is CCn1cc(C(=O)N[C@H](C)c2ccc(Cl)cc2)c(=O)c2cc(C(F)(F)F)ccc21. The van der Waals surface area contributed by atoms with E-state index in [2.05, 4.69) is 5.32 Å². The summed E-state index contributed by atoms with van der Waals surface area (Å²) in [6.45, 7) is 3.90. The second-order valence-corrected chi connectivity index (χ2v) is 7.07. The zero-order valence-electron chi connectivity index (χ0n) is 15.7. The third-order valence-corrected chi connectivity index (χ3v) is 4.96. The number of halogens is 4. The Labute approximate surface area is 169 Å². The lowest BCUT2D eigenvalue weighted by molar-refractivity contribution is -0.137. The number of carbonyl (C=O) groups is 1. The maximum Gasteiger partial charge on any atom is 0.416 e. The standard InChI is InChI=1S/C21H18ClF3N2O2/c1-3-27-11-17(20(29)26-12(2)13-4-7-15(22)8-5-13)19(28)16-10-14(21(23,24)25)6-9-18(16)27/h4-12H,3H2,1-2H3,(H,26,29)/t12-/m1/s1. The molecule has 2 aromatic carbocycles. The highest BCUT2D eigenvalue weighted by molar-refractivity contribution is 6.30. The molecule has 0 fully saturated rings. The molecule has 0 aliphatic rings. The number of benzene rings is 2. The zero-order valence-corrected chi connectivity index (χ0v) is 16.4. The second kappa shape index (κ2) is 7.91. The number of alkyl halides is 3. The monoisotopic (exact) mass is 422 g/mol. The maximum absolute atomic E-state index is 13.1. The Morgan fingerprint density at radius 2 is 1.83 bits per heavy atom. The maximum atomic E-state index is 13.1. The van der Waals surface area contributed by atoms with Crippen LogP contribution in [0.25, 0.3) is 10.9 Å². The molecular weight excluding hydrogens is 405 g/mol. The van der Waals surface area contributed by atoms with Crippen molar-refractivity contribution in [3.8, 4) is 0 Å². The number of fused-ring (bicyclic) bond motifs is 1. The summed E-state index contributed by atoms with van der Waals surface area (Å²) in [5.41, 5.74) is -0.764. The van der Waals surface area contributed by atoms with E-state index in [9.17, 15) is 22.8 Å². The number of nitrogens with zero attached hydrogens (tertiary/aromatic N) is 1. The van der Waals surface area contributed by atoms with E-state index in [0.29, 0.717) is 17.1 Å². The predicted molar refractivity (Wildman–Crippen MR) is 106 cm³/mol. The van der Waals surface area contributed by atoms with Crippen LogP contribution in [0, 0.1) is 0 Å². The third-order valence-electron chi connectivity index (χ3n) is 4.71. The van der Waals surface area contributed by atoms with Crippen molar-refractivity contribution in [3.63, 3.8) is 0 Å². The summed E-state index contributed by atoms with van der Waals surface area (Å²) >= 11 is 5.86. The van der Waals surface area contributed by atoms with Gasteiger partial charge in [-0.2, -0.15) is 13.2 Å². The van der Waals surface area contributed by atoms with Gasteiger partial charge in [-0.3, -0.25) is 9.59 Å². The van der Waals surface area contributed by atoms with Crippen molar-refractivity contribution in [2.24, 2.45) is 0 Å². The van der Waals surface area contributed by atoms with E-state index in [1.165, 1.54) is 12.3 Å². The Bertz CT molecular complexity index is 1120. The van der Waals surface area contributed by atoms with Crippen LogP contribution >= 0.6 is 11.6 Å². The topological polar surface area (TPSA) is 51.1 Å². The van der Waals surface area contributed by atoms with Crippen LogP contribution in [0.5, 0.6) is 0 Å². The van der Waals surface area contributed by atoms with Gasteiger partial charge in [0, 0.05) is 23.2 Å². The number of carbonyl (C=O) groups excluding carboxylic acids is 1. The fourth-order valence-electron chi connectivity index (χ4n) is 3.11. The van der Waals surface area contributed by atoms with Gasteiger partial charge in [0.25, 0.3) is 5.91 Å². The van der Waals surface area contributed by atoms with Crippen molar-refractivity contribution in [1.82, 2.24) is 9.88 Å². The average Bonchev–Trinajstić information content (AvgIpc) is 2.67. The smallest absolute Gasteiger partial charge is 0.347 e. The molecule has 0 unspecified atom stereocenters. The van der Waals surface area contributed by atoms with Gasteiger partial charge in [0.05, 0.1) is 17.1 Å². The number of pyridine rings is 1. The number of aromatic nitrogens is 1. The zero-order chi connectivity index (χ0) is 21.3. The Balaban J connectivity index is 2.03. The summed E-state index contributed by atoms with van der Waals surface area (Å²) in [7, 11) is 0. The summed E-state index contributed by atoms with van der Waals surface area (Å²) in [4.78, 5) is 25.6. The van der Waals surface area contributed by atoms with E-state index in [-0.39, 0.29) is 10.9 Å². The number of nitrogens with one attached hydrogen (secondary N) is 1. The van der Waals surface area contributed by atoms with Crippen LogP contribution in [0.3, 0.4) is 0 Å². The Kier molecular flexibility index (Phi) is 5.71. The van der Waals surface area contributed by atoms with E-state index in [0.717, 1.165) is 17.7 Å². The Morgan fingerprint density at radius 1 is 1.17 bits per heavy atom. The van der Waals surface area contributed by atoms with Gasteiger partial charge in [-0.25, -0.2) is 0 Å². The van der Waals surface area contributed by atoms with Crippen LogP contribution in [0.15, 0.2) is 53.5 Å². The fraction of sp³-hybridized carbons (Fsp3) is 0.238. The predicted octanol–water partition coefficient (Wildman–Crippen LogP) is 5.18. The van der Waals surface area contributed by atoms with Crippen molar-refractivity contribution >= 4 is 28.4 Å². The molecule has 0 bridgehead atoms. The molecule has 1 N–H and O–H groups in total. The molecule has 1 aromatic heterocycles. The van der Waals surface area contributed by atoms with E-state index < -0.39 is 29.1 Å². The van der Waals surface area contributed by atoms with Gasteiger partial charge in [-0.05, 0) is 49.7 Å². The van der Waals surface area contributed by atoms with Crippen LogP contribution in [0.1, 0.15) is 41.4 Å². The molecule has 0 saturated carbocycles. The molecule has 8 heteroatoms. The number of rotatable bonds is 4. The van der Waals surface area contributed by atoms with E-state index >= 15 is 0 Å². The lowest BCUT2D eigenvalue weighted by Crippen LogP contribution is -2.32. The van der Waals surface area contributed by atoms with Crippen molar-refractivity contribution < 1.29 is 18.0 Å². The molecule has 4 nitrogen and oxygen atoms in total. The Morgan fingerprint density at radius 3 is 2.41 bits per heavy atom. The van der Waals surface area contributed by atoms with Crippen LogP contribution < -0.4 is 10.7 Å². The van der Waals surface area contributed by atoms with Crippen LogP contribution in [0.4, 0.5) is 13.2 Å². The van der Waals surface area contributed by atoms with Gasteiger partial charge in [-0.1, -0.05) is 23.7 Å². The fourth-order valence-corrected chi connectivity index (χ4v) is 3.23. The van der Waals surface area contributed by atoms with Crippen molar-refractivity contribution in [1.29, 1.82) is 0 Å². The minimum absolute atomic E-state index is 0.145. The first-order chi connectivity index (χ1) is 13.6. The van der Waals surface area contributed by atoms with E-state index in [1.807, 2.05) is 0 Å². The van der Waals surface area contributed by atoms with Crippen LogP contribution in [0.2, 0.25) is 5.02 Å².